The van der Waals surface area contributed by atoms with E-state index in [-0.39, 0.29) is 12.1 Å². The molecule has 1 aromatic heterocycles. The number of fused-ring (bicyclic) bond motifs is 1. The second-order valence-electron chi connectivity index (χ2n) is 6.09. The fourth-order valence-corrected chi connectivity index (χ4v) is 2.60. The number of aliphatic hydroxyl groups is 1. The van der Waals surface area contributed by atoms with Crippen molar-refractivity contribution in [2.75, 3.05) is 13.1 Å². The Morgan fingerprint density at radius 2 is 2.40 bits per heavy atom. The molecule has 2 amide bonds. The van der Waals surface area contributed by atoms with Gasteiger partial charge in [-0.15, -0.1) is 0 Å². The fourth-order valence-electron chi connectivity index (χ4n) is 2.60. The van der Waals surface area contributed by atoms with Gasteiger partial charge in [-0.3, -0.25) is 5.10 Å². The largest absolute Gasteiger partial charge is 0.389 e. The van der Waals surface area contributed by atoms with E-state index in [0.29, 0.717) is 13.1 Å². The van der Waals surface area contributed by atoms with Crippen LogP contribution in [0.15, 0.2) is 6.20 Å². The summed E-state index contributed by atoms with van der Waals surface area (Å²) in [7, 11) is 0. The van der Waals surface area contributed by atoms with Crippen molar-refractivity contribution in [3.8, 4) is 0 Å². The summed E-state index contributed by atoms with van der Waals surface area (Å²) in [6.45, 7) is 6.25. The number of likely N-dealkylation sites (N-methyl/N-ethyl adjacent to an activating group) is 1. The molecule has 1 aliphatic rings. The first-order valence-electron chi connectivity index (χ1n) is 7.18. The summed E-state index contributed by atoms with van der Waals surface area (Å²) in [5, 5.41) is 19.9. The number of nitrogens with one attached hydrogen (secondary N) is 2. The van der Waals surface area contributed by atoms with Gasteiger partial charge in [0.1, 0.15) is 0 Å². The van der Waals surface area contributed by atoms with E-state index in [0.717, 1.165) is 19.3 Å². The predicted molar refractivity (Wildman–Crippen MR) is 76.5 cm³/mol. The first-order chi connectivity index (χ1) is 9.39. The van der Waals surface area contributed by atoms with E-state index in [2.05, 4.69) is 15.5 Å². The number of rotatable bonds is 4. The molecule has 0 saturated carbocycles. The minimum Gasteiger partial charge on any atom is -0.389 e. The highest BCUT2D eigenvalue weighted by molar-refractivity contribution is 5.74. The molecule has 6 heteroatoms. The van der Waals surface area contributed by atoms with Crippen LogP contribution in [0.1, 0.15) is 38.4 Å². The number of carbonyl (C=O) groups excluding carboxylic acids is 1. The predicted octanol–water partition coefficient (Wildman–Crippen LogP) is 1.07. The quantitative estimate of drug-likeness (QED) is 0.771. The Hall–Kier alpha value is -1.56. The van der Waals surface area contributed by atoms with E-state index in [9.17, 15) is 9.90 Å². The van der Waals surface area contributed by atoms with Crippen molar-refractivity contribution in [3.05, 3.63) is 17.5 Å². The van der Waals surface area contributed by atoms with Crippen molar-refractivity contribution in [1.29, 1.82) is 0 Å². The lowest BCUT2D eigenvalue weighted by Gasteiger charge is -2.31. The summed E-state index contributed by atoms with van der Waals surface area (Å²) in [6, 6.07) is 0.0371. The Labute approximate surface area is 119 Å². The number of nitrogens with zero attached hydrogens (tertiary/aromatic N) is 2. The van der Waals surface area contributed by atoms with Crippen molar-refractivity contribution in [3.63, 3.8) is 0 Å². The molecule has 3 N–H and O–H groups in total. The lowest BCUT2D eigenvalue weighted by atomic mass is 9.94. The second kappa shape index (κ2) is 5.83. The number of aromatic nitrogens is 2. The summed E-state index contributed by atoms with van der Waals surface area (Å²) >= 11 is 0. The smallest absolute Gasteiger partial charge is 0.317 e. The van der Waals surface area contributed by atoms with Gasteiger partial charge < -0.3 is 15.3 Å². The van der Waals surface area contributed by atoms with Gasteiger partial charge in [0.05, 0.1) is 18.3 Å². The maximum atomic E-state index is 12.3. The topological polar surface area (TPSA) is 81.2 Å². The lowest BCUT2D eigenvalue weighted by Crippen LogP contribution is -2.50. The van der Waals surface area contributed by atoms with Crippen molar-refractivity contribution in [2.24, 2.45) is 0 Å². The number of H-pyrrole nitrogens is 1. The van der Waals surface area contributed by atoms with Crippen LogP contribution >= 0.6 is 0 Å². The zero-order valence-electron chi connectivity index (χ0n) is 12.4. The molecule has 6 nitrogen and oxygen atoms in total. The number of carbonyl (C=O) groups is 1. The highest BCUT2D eigenvalue weighted by Gasteiger charge is 2.25. The molecule has 1 aromatic rings. The zero-order valence-corrected chi connectivity index (χ0v) is 12.4. The molecular formula is C14H24N4O2. The molecule has 0 radical (unpaired) electrons. The summed E-state index contributed by atoms with van der Waals surface area (Å²) in [5.41, 5.74) is 1.49. The zero-order chi connectivity index (χ0) is 14.8. The highest BCUT2D eigenvalue weighted by atomic mass is 16.3. The van der Waals surface area contributed by atoms with Gasteiger partial charge in [-0.25, -0.2) is 4.79 Å². The highest BCUT2D eigenvalue weighted by Crippen LogP contribution is 2.19. The average Bonchev–Trinajstić information content (AvgIpc) is 2.82. The molecule has 0 spiro atoms. The summed E-state index contributed by atoms with van der Waals surface area (Å²) in [6.07, 6.45) is 4.48. The van der Waals surface area contributed by atoms with Gasteiger partial charge in [0.15, 0.2) is 0 Å². The second-order valence-corrected chi connectivity index (χ2v) is 6.09. The lowest BCUT2D eigenvalue weighted by molar-refractivity contribution is 0.0475. The molecule has 20 heavy (non-hydrogen) atoms. The molecular weight excluding hydrogens is 256 g/mol. The molecule has 0 bridgehead atoms. The molecule has 0 fully saturated rings. The Morgan fingerprint density at radius 1 is 1.65 bits per heavy atom. The Balaban J connectivity index is 1.91. The van der Waals surface area contributed by atoms with Crippen molar-refractivity contribution >= 4 is 6.03 Å². The molecule has 0 saturated heterocycles. The fraction of sp³-hybridized carbons (Fsp3) is 0.714. The number of urea groups is 1. The van der Waals surface area contributed by atoms with Gasteiger partial charge in [-0.05, 0) is 45.6 Å². The van der Waals surface area contributed by atoms with Crippen LogP contribution in [0.25, 0.3) is 0 Å². The number of amides is 2. The first-order valence-corrected chi connectivity index (χ1v) is 7.18. The number of aryl methyl sites for hydroxylation is 1. The third-order valence-corrected chi connectivity index (χ3v) is 3.59. The maximum Gasteiger partial charge on any atom is 0.317 e. The van der Waals surface area contributed by atoms with Crippen molar-refractivity contribution in [1.82, 2.24) is 20.4 Å². The molecule has 112 valence electrons. The summed E-state index contributed by atoms with van der Waals surface area (Å²) in [4.78, 5) is 13.9. The van der Waals surface area contributed by atoms with E-state index in [1.165, 1.54) is 11.3 Å². The van der Waals surface area contributed by atoms with Gasteiger partial charge in [0.2, 0.25) is 0 Å². The van der Waals surface area contributed by atoms with E-state index in [4.69, 9.17) is 0 Å². The normalized spacial score (nSPS) is 18.5. The van der Waals surface area contributed by atoms with E-state index in [1.807, 2.05) is 13.1 Å². The Morgan fingerprint density at radius 3 is 3.05 bits per heavy atom. The number of hydrogen-bond acceptors (Lipinski definition) is 3. The monoisotopic (exact) mass is 280 g/mol. The van der Waals surface area contributed by atoms with Gasteiger partial charge in [-0.1, -0.05) is 0 Å². The van der Waals surface area contributed by atoms with Crippen LogP contribution in [0.5, 0.6) is 0 Å². The third-order valence-electron chi connectivity index (χ3n) is 3.59. The van der Waals surface area contributed by atoms with Crippen LogP contribution < -0.4 is 5.32 Å². The minimum atomic E-state index is -0.877. The third kappa shape index (κ3) is 3.72. The summed E-state index contributed by atoms with van der Waals surface area (Å²) in [5.74, 6) is 0. The van der Waals surface area contributed by atoms with E-state index in [1.54, 1.807) is 18.7 Å². The number of aromatic amines is 1. The van der Waals surface area contributed by atoms with Gasteiger partial charge in [0, 0.05) is 18.3 Å². The van der Waals surface area contributed by atoms with Crippen molar-refractivity contribution in [2.45, 2.75) is 51.7 Å². The maximum absolute atomic E-state index is 12.3. The van der Waals surface area contributed by atoms with Crippen LogP contribution in [0.3, 0.4) is 0 Å². The molecule has 0 aliphatic heterocycles. The molecule has 2 rings (SSSR count). The van der Waals surface area contributed by atoms with Gasteiger partial charge >= 0.3 is 6.03 Å². The summed E-state index contributed by atoms with van der Waals surface area (Å²) < 4.78 is 0. The molecule has 1 aliphatic carbocycles. The van der Waals surface area contributed by atoms with Crippen LogP contribution in [0.4, 0.5) is 4.79 Å². The van der Waals surface area contributed by atoms with Gasteiger partial charge in [0.25, 0.3) is 0 Å². The number of hydrogen-bond donors (Lipinski definition) is 3. The van der Waals surface area contributed by atoms with Crippen LogP contribution in [-0.2, 0) is 12.8 Å². The van der Waals surface area contributed by atoms with E-state index < -0.39 is 5.60 Å². The first kappa shape index (κ1) is 14.8. The molecule has 1 unspecified atom stereocenters. The van der Waals surface area contributed by atoms with Crippen LogP contribution in [0.2, 0.25) is 0 Å². The minimum absolute atomic E-state index is 0.105. The van der Waals surface area contributed by atoms with Crippen LogP contribution in [0, 0.1) is 0 Å². The molecule has 1 atom stereocenters. The average molecular weight is 280 g/mol. The van der Waals surface area contributed by atoms with E-state index >= 15 is 0 Å². The van der Waals surface area contributed by atoms with Gasteiger partial charge in [-0.2, -0.15) is 5.10 Å². The molecule has 0 aromatic carbocycles. The Bertz CT molecular complexity index is 464. The standard InChI is InChI=1S/C14H24N4O2/c1-4-18(9-14(2,3)20)13(19)16-11-5-6-12-10(7-11)8-15-17-12/h8,11,20H,4-7,9H2,1-3H3,(H,15,17)(H,16,19). The van der Waals surface area contributed by atoms with Crippen molar-refractivity contribution < 1.29 is 9.90 Å². The van der Waals surface area contributed by atoms with Crippen LogP contribution in [-0.4, -0.2) is 51.0 Å². The molecule has 1 heterocycles. The SMILES string of the molecule is CCN(CC(C)(C)O)C(=O)NC1CCc2[nH]ncc2C1. The Kier molecular flexibility index (Phi) is 4.32.